The van der Waals surface area contributed by atoms with Crippen LogP contribution in [0.5, 0.6) is 0 Å². The van der Waals surface area contributed by atoms with E-state index in [9.17, 15) is 8.42 Å². The number of thiophene rings is 1. The average molecular weight is 569 g/mol. The minimum absolute atomic E-state index is 0. The molecule has 30 heavy (non-hydrogen) atoms. The smallest absolute Gasteiger partial charge is 0.250 e. The Labute approximate surface area is 198 Å². The van der Waals surface area contributed by atoms with E-state index in [4.69, 9.17) is 4.74 Å². The molecule has 0 saturated carbocycles. The fraction of sp³-hybridized carbons (Fsp3) is 0.588. The lowest BCUT2D eigenvalue weighted by Gasteiger charge is -2.25. The zero-order chi connectivity index (χ0) is 20.7. The van der Waals surface area contributed by atoms with Crippen LogP contribution in [0, 0.1) is 0 Å². The summed E-state index contributed by atoms with van der Waals surface area (Å²) in [7, 11) is -1.83. The first-order valence-corrected chi connectivity index (χ1v) is 11.9. The summed E-state index contributed by atoms with van der Waals surface area (Å²) in [6, 6.07) is 3.47. The molecule has 0 saturated heterocycles. The molecule has 3 rings (SSSR count). The number of halogens is 1. The molecule has 3 heterocycles. The first kappa shape index (κ1) is 25.0. The Morgan fingerprint density at radius 1 is 1.47 bits per heavy atom. The van der Waals surface area contributed by atoms with Crippen LogP contribution in [0.3, 0.4) is 0 Å². The van der Waals surface area contributed by atoms with Gasteiger partial charge in [0.2, 0.25) is 10.0 Å². The summed E-state index contributed by atoms with van der Waals surface area (Å²) in [6.45, 7) is 4.37. The van der Waals surface area contributed by atoms with E-state index in [1.165, 1.54) is 11.3 Å². The van der Waals surface area contributed by atoms with Crippen LogP contribution in [-0.2, 0) is 34.3 Å². The lowest BCUT2D eigenvalue weighted by Crippen LogP contribution is -2.47. The van der Waals surface area contributed by atoms with Gasteiger partial charge in [-0.15, -0.1) is 35.3 Å². The highest BCUT2D eigenvalue weighted by molar-refractivity contribution is 14.0. The van der Waals surface area contributed by atoms with Crippen LogP contribution in [-0.4, -0.2) is 61.9 Å². The first-order valence-electron chi connectivity index (χ1n) is 9.51. The average Bonchev–Trinajstić information content (AvgIpc) is 3.35. The standard InChI is InChI=1S/C17H27N7O3S2.HI/c1-3-18-17(19-8-9-20-29(25,26)16-5-4-10-28-16)21-13-6-7-15-22-14(12-27-2)23-24(15)11-13;/h4-5,10,13,20H,3,6-9,11-12H2,1-2H3,(H2,18,19,21);1H. The Kier molecular flexibility index (Phi) is 9.93. The summed E-state index contributed by atoms with van der Waals surface area (Å²) in [5.41, 5.74) is 0. The molecule has 13 heteroatoms. The summed E-state index contributed by atoms with van der Waals surface area (Å²) in [5.74, 6) is 2.33. The van der Waals surface area contributed by atoms with Gasteiger partial charge in [0, 0.05) is 32.7 Å². The second-order valence-electron chi connectivity index (χ2n) is 6.53. The molecule has 0 bridgehead atoms. The van der Waals surface area contributed by atoms with Crippen LogP contribution in [0.1, 0.15) is 25.0 Å². The van der Waals surface area contributed by atoms with Crippen LogP contribution >= 0.6 is 35.3 Å². The van der Waals surface area contributed by atoms with E-state index in [2.05, 4.69) is 30.4 Å². The van der Waals surface area contributed by atoms with Gasteiger partial charge in [-0.3, -0.25) is 4.99 Å². The van der Waals surface area contributed by atoms with E-state index < -0.39 is 10.0 Å². The Hall–Kier alpha value is -1.29. The number of hydrogen-bond donors (Lipinski definition) is 3. The molecule has 3 N–H and O–H groups in total. The molecular weight excluding hydrogens is 541 g/mol. The van der Waals surface area contributed by atoms with Crippen molar-refractivity contribution in [2.24, 2.45) is 4.99 Å². The molecule has 1 atom stereocenters. The van der Waals surface area contributed by atoms with Crippen molar-refractivity contribution < 1.29 is 13.2 Å². The molecule has 0 aromatic carbocycles. The molecule has 0 aliphatic carbocycles. The van der Waals surface area contributed by atoms with Crippen molar-refractivity contribution in [2.45, 2.75) is 43.2 Å². The van der Waals surface area contributed by atoms with Gasteiger partial charge in [-0.25, -0.2) is 22.8 Å². The number of aryl methyl sites for hydroxylation is 1. The predicted octanol–water partition coefficient (Wildman–Crippen LogP) is 0.952. The molecule has 1 aliphatic rings. The van der Waals surface area contributed by atoms with Gasteiger partial charge in [0.15, 0.2) is 11.8 Å². The number of nitrogens with zero attached hydrogens (tertiary/aromatic N) is 4. The molecular formula is C17H28IN7O3S2. The number of guanidine groups is 1. The van der Waals surface area contributed by atoms with Gasteiger partial charge in [-0.1, -0.05) is 6.07 Å². The number of fused-ring (bicyclic) bond motifs is 1. The second kappa shape index (κ2) is 11.9. The summed E-state index contributed by atoms with van der Waals surface area (Å²) in [6.07, 6.45) is 1.74. The molecule has 0 radical (unpaired) electrons. The van der Waals surface area contributed by atoms with Crippen molar-refractivity contribution >= 4 is 51.3 Å². The number of ether oxygens (including phenoxy) is 1. The van der Waals surface area contributed by atoms with Crippen LogP contribution < -0.4 is 15.4 Å². The summed E-state index contributed by atoms with van der Waals surface area (Å²) < 4.78 is 34.2. The minimum Gasteiger partial charge on any atom is -0.377 e. The molecule has 0 amide bonds. The molecule has 2 aromatic heterocycles. The highest BCUT2D eigenvalue weighted by Crippen LogP contribution is 2.15. The third-order valence-corrected chi connectivity index (χ3v) is 7.15. The van der Waals surface area contributed by atoms with E-state index in [-0.39, 0.29) is 36.6 Å². The topological polar surface area (TPSA) is 123 Å². The van der Waals surface area contributed by atoms with E-state index >= 15 is 0 Å². The van der Waals surface area contributed by atoms with Crippen molar-refractivity contribution in [1.82, 2.24) is 30.1 Å². The lowest BCUT2D eigenvalue weighted by molar-refractivity contribution is 0.177. The zero-order valence-corrected chi connectivity index (χ0v) is 21.0. The van der Waals surface area contributed by atoms with Crippen LogP contribution in [0.25, 0.3) is 0 Å². The number of aliphatic imine (C=N–C) groups is 1. The Balaban J connectivity index is 0.00000320. The number of hydrogen-bond acceptors (Lipinski definition) is 7. The van der Waals surface area contributed by atoms with Crippen LogP contribution in [0.2, 0.25) is 0 Å². The normalized spacial score (nSPS) is 16.6. The molecule has 1 unspecified atom stereocenters. The highest BCUT2D eigenvalue weighted by atomic mass is 127. The third-order valence-electron chi connectivity index (χ3n) is 4.29. The van der Waals surface area contributed by atoms with Gasteiger partial charge in [0.05, 0.1) is 13.1 Å². The molecule has 2 aromatic rings. The van der Waals surface area contributed by atoms with Crippen molar-refractivity contribution in [3.63, 3.8) is 0 Å². The Bertz CT molecular complexity index is 916. The second-order valence-corrected chi connectivity index (χ2v) is 9.47. The maximum Gasteiger partial charge on any atom is 0.250 e. The lowest BCUT2D eigenvalue weighted by atomic mass is 10.1. The quantitative estimate of drug-likeness (QED) is 0.178. The number of aromatic nitrogens is 3. The number of nitrogens with one attached hydrogen (secondary N) is 3. The maximum atomic E-state index is 12.1. The molecule has 1 aliphatic heterocycles. The fourth-order valence-electron chi connectivity index (χ4n) is 3.02. The fourth-order valence-corrected chi connectivity index (χ4v) is 5.08. The monoisotopic (exact) mass is 569 g/mol. The molecule has 10 nitrogen and oxygen atoms in total. The highest BCUT2D eigenvalue weighted by Gasteiger charge is 2.22. The van der Waals surface area contributed by atoms with E-state index in [1.807, 2.05) is 11.6 Å². The summed E-state index contributed by atoms with van der Waals surface area (Å²) in [5, 5.41) is 12.8. The summed E-state index contributed by atoms with van der Waals surface area (Å²) >= 11 is 1.19. The van der Waals surface area contributed by atoms with Gasteiger partial charge in [-0.05, 0) is 24.8 Å². The maximum absolute atomic E-state index is 12.1. The van der Waals surface area contributed by atoms with Crippen molar-refractivity contribution in [3.8, 4) is 0 Å². The van der Waals surface area contributed by atoms with Gasteiger partial charge >= 0.3 is 0 Å². The van der Waals surface area contributed by atoms with Crippen molar-refractivity contribution in [2.75, 3.05) is 26.7 Å². The third kappa shape index (κ3) is 6.87. The minimum atomic E-state index is -3.46. The van der Waals surface area contributed by atoms with Gasteiger partial charge in [0.25, 0.3) is 0 Å². The Morgan fingerprint density at radius 3 is 3.00 bits per heavy atom. The molecule has 0 fully saturated rings. The number of rotatable bonds is 9. The van der Waals surface area contributed by atoms with Gasteiger partial charge in [0.1, 0.15) is 16.6 Å². The van der Waals surface area contributed by atoms with Crippen molar-refractivity contribution in [3.05, 3.63) is 29.2 Å². The van der Waals surface area contributed by atoms with Gasteiger partial charge in [-0.2, -0.15) is 5.10 Å². The van der Waals surface area contributed by atoms with E-state index in [0.717, 1.165) is 18.7 Å². The predicted molar refractivity (Wildman–Crippen MR) is 127 cm³/mol. The Morgan fingerprint density at radius 2 is 2.30 bits per heavy atom. The van der Waals surface area contributed by atoms with E-state index in [0.29, 0.717) is 42.2 Å². The largest absolute Gasteiger partial charge is 0.377 e. The number of methoxy groups -OCH3 is 1. The van der Waals surface area contributed by atoms with Gasteiger partial charge < -0.3 is 15.4 Å². The van der Waals surface area contributed by atoms with Crippen LogP contribution in [0.15, 0.2) is 26.7 Å². The number of sulfonamides is 1. The molecule has 168 valence electrons. The van der Waals surface area contributed by atoms with E-state index in [1.54, 1.807) is 24.6 Å². The zero-order valence-electron chi connectivity index (χ0n) is 17.0. The molecule has 0 spiro atoms. The summed E-state index contributed by atoms with van der Waals surface area (Å²) in [4.78, 5) is 8.97. The first-order chi connectivity index (χ1) is 14.0. The SMILES string of the molecule is CCNC(=NCCNS(=O)(=O)c1cccs1)NC1CCc2nc(COC)nn2C1.I. The van der Waals surface area contributed by atoms with Crippen LogP contribution in [0.4, 0.5) is 0 Å². The van der Waals surface area contributed by atoms with Crippen molar-refractivity contribution in [1.29, 1.82) is 0 Å².